The van der Waals surface area contributed by atoms with Crippen LogP contribution in [0.25, 0.3) is 0 Å². The number of esters is 1. The summed E-state index contributed by atoms with van der Waals surface area (Å²) in [6, 6.07) is 9.37. The molecule has 1 heterocycles. The average Bonchev–Trinajstić information content (AvgIpc) is 3.24. The van der Waals surface area contributed by atoms with E-state index in [1.54, 1.807) is 0 Å². The molecular weight excluding hydrogens is 246 g/mol. The van der Waals surface area contributed by atoms with Gasteiger partial charge in [0.1, 0.15) is 6.61 Å². The van der Waals surface area contributed by atoms with Gasteiger partial charge in [0.25, 0.3) is 5.91 Å². The summed E-state index contributed by atoms with van der Waals surface area (Å²) in [4.78, 5) is 23.1. The Morgan fingerprint density at radius 2 is 2.00 bits per heavy atom. The molecule has 1 aliphatic heterocycles. The zero-order valence-corrected chi connectivity index (χ0v) is 10.8. The Balaban J connectivity index is 1.72. The maximum atomic E-state index is 11.6. The summed E-state index contributed by atoms with van der Waals surface area (Å²) in [6.45, 7) is 2.74. The Kier molecular flexibility index (Phi) is 4.52. The van der Waals surface area contributed by atoms with Gasteiger partial charge in [0.2, 0.25) is 0 Å². The van der Waals surface area contributed by atoms with Crippen molar-refractivity contribution >= 4 is 11.9 Å². The standard InChI is InChI=1S/C14H17NO4/c1-2-8-15-13(16)11-12(19-11)14(17)18-9-10-6-4-3-5-7-10/h3-7,11-12H,2,8-9H2,1H3,(H,15,16)/t11-,12-/m0/s1. The van der Waals surface area contributed by atoms with Gasteiger partial charge >= 0.3 is 5.97 Å². The largest absolute Gasteiger partial charge is 0.459 e. The SMILES string of the molecule is CCCNC(=O)[C@H]1O[C@@H]1C(=O)OCc1ccccc1. The lowest BCUT2D eigenvalue weighted by Crippen LogP contribution is -2.31. The molecule has 0 aliphatic carbocycles. The highest BCUT2D eigenvalue weighted by Crippen LogP contribution is 2.24. The van der Waals surface area contributed by atoms with Crippen LogP contribution in [0.15, 0.2) is 30.3 Å². The number of carbonyl (C=O) groups excluding carboxylic acids is 2. The van der Waals surface area contributed by atoms with Crippen LogP contribution in [0.4, 0.5) is 0 Å². The molecule has 2 rings (SSSR count). The molecule has 1 aromatic carbocycles. The third-order valence-electron chi connectivity index (χ3n) is 2.76. The minimum Gasteiger partial charge on any atom is -0.459 e. The first-order chi connectivity index (χ1) is 9.22. The molecule has 1 N–H and O–H groups in total. The van der Waals surface area contributed by atoms with Gasteiger partial charge in [0, 0.05) is 6.54 Å². The van der Waals surface area contributed by atoms with E-state index in [0.717, 1.165) is 12.0 Å². The van der Waals surface area contributed by atoms with Crippen molar-refractivity contribution in [2.75, 3.05) is 6.54 Å². The normalized spacial score (nSPS) is 20.7. The molecule has 0 saturated carbocycles. The monoisotopic (exact) mass is 263 g/mol. The van der Waals surface area contributed by atoms with E-state index in [9.17, 15) is 9.59 Å². The van der Waals surface area contributed by atoms with Crippen LogP contribution in [-0.2, 0) is 25.7 Å². The van der Waals surface area contributed by atoms with Gasteiger partial charge in [-0.15, -0.1) is 0 Å². The van der Waals surface area contributed by atoms with Crippen molar-refractivity contribution in [3.63, 3.8) is 0 Å². The van der Waals surface area contributed by atoms with Gasteiger partial charge in [-0.05, 0) is 12.0 Å². The molecular formula is C14H17NO4. The molecule has 19 heavy (non-hydrogen) atoms. The number of ether oxygens (including phenoxy) is 2. The number of carbonyl (C=O) groups is 2. The topological polar surface area (TPSA) is 67.9 Å². The van der Waals surface area contributed by atoms with Crippen LogP contribution in [0.5, 0.6) is 0 Å². The number of benzene rings is 1. The molecule has 5 heteroatoms. The summed E-state index contributed by atoms with van der Waals surface area (Å²) in [5.41, 5.74) is 0.906. The molecule has 1 aromatic rings. The average molecular weight is 263 g/mol. The molecule has 1 aliphatic rings. The Morgan fingerprint density at radius 3 is 2.68 bits per heavy atom. The molecule has 1 amide bonds. The smallest absolute Gasteiger partial charge is 0.338 e. The van der Waals surface area contributed by atoms with Crippen molar-refractivity contribution in [3.05, 3.63) is 35.9 Å². The lowest BCUT2D eigenvalue weighted by atomic mass is 10.2. The lowest BCUT2D eigenvalue weighted by Gasteiger charge is -2.03. The van der Waals surface area contributed by atoms with E-state index in [1.807, 2.05) is 37.3 Å². The van der Waals surface area contributed by atoms with Crippen LogP contribution in [0.2, 0.25) is 0 Å². The first-order valence-electron chi connectivity index (χ1n) is 6.36. The molecule has 0 radical (unpaired) electrons. The predicted molar refractivity (Wildman–Crippen MR) is 68.2 cm³/mol. The van der Waals surface area contributed by atoms with Crippen molar-refractivity contribution in [1.29, 1.82) is 0 Å². The summed E-state index contributed by atoms with van der Waals surface area (Å²) in [5, 5.41) is 2.68. The Morgan fingerprint density at radius 1 is 1.26 bits per heavy atom. The van der Waals surface area contributed by atoms with Crippen molar-refractivity contribution < 1.29 is 19.1 Å². The fourth-order valence-electron chi connectivity index (χ4n) is 1.65. The predicted octanol–water partition coefficient (Wildman–Crippen LogP) is 1.02. The summed E-state index contributed by atoms with van der Waals surface area (Å²) in [5.74, 6) is -0.732. The molecule has 2 atom stereocenters. The van der Waals surface area contributed by atoms with Crippen molar-refractivity contribution in [2.45, 2.75) is 32.2 Å². The first-order valence-corrected chi connectivity index (χ1v) is 6.36. The molecule has 0 unspecified atom stereocenters. The first kappa shape index (κ1) is 13.5. The Bertz CT molecular complexity index is 446. The highest BCUT2D eigenvalue weighted by atomic mass is 16.6. The second-order valence-electron chi connectivity index (χ2n) is 4.36. The van der Waals surface area contributed by atoms with E-state index in [4.69, 9.17) is 9.47 Å². The maximum absolute atomic E-state index is 11.6. The molecule has 0 aromatic heterocycles. The van der Waals surface area contributed by atoms with Gasteiger partial charge in [-0.1, -0.05) is 37.3 Å². The number of hydrogen-bond donors (Lipinski definition) is 1. The maximum Gasteiger partial charge on any atom is 0.338 e. The van der Waals surface area contributed by atoms with Gasteiger partial charge in [-0.2, -0.15) is 0 Å². The van der Waals surface area contributed by atoms with Gasteiger partial charge in [0.05, 0.1) is 0 Å². The number of rotatable bonds is 6. The number of amides is 1. The third kappa shape index (κ3) is 3.79. The second kappa shape index (κ2) is 6.33. The van der Waals surface area contributed by atoms with Crippen LogP contribution < -0.4 is 5.32 Å². The molecule has 1 fully saturated rings. The Hall–Kier alpha value is -1.88. The van der Waals surface area contributed by atoms with E-state index in [-0.39, 0.29) is 12.5 Å². The fourth-order valence-corrected chi connectivity index (χ4v) is 1.65. The summed E-state index contributed by atoms with van der Waals surface area (Å²) >= 11 is 0. The van der Waals surface area contributed by atoms with Gasteiger partial charge in [-0.25, -0.2) is 4.79 Å². The van der Waals surface area contributed by atoms with Crippen LogP contribution in [0.1, 0.15) is 18.9 Å². The van der Waals surface area contributed by atoms with Crippen LogP contribution >= 0.6 is 0 Å². The van der Waals surface area contributed by atoms with Gasteiger partial charge in [-0.3, -0.25) is 4.79 Å². The quantitative estimate of drug-likeness (QED) is 0.614. The summed E-state index contributed by atoms with van der Waals surface area (Å²) in [7, 11) is 0. The van der Waals surface area contributed by atoms with E-state index in [0.29, 0.717) is 6.54 Å². The van der Waals surface area contributed by atoms with Crippen LogP contribution in [0, 0.1) is 0 Å². The minimum atomic E-state index is -0.749. The fraction of sp³-hybridized carbons (Fsp3) is 0.429. The lowest BCUT2D eigenvalue weighted by molar-refractivity contribution is -0.146. The third-order valence-corrected chi connectivity index (χ3v) is 2.76. The van der Waals surface area contributed by atoms with E-state index >= 15 is 0 Å². The number of hydrogen-bond acceptors (Lipinski definition) is 4. The second-order valence-corrected chi connectivity index (χ2v) is 4.36. The van der Waals surface area contributed by atoms with E-state index in [1.165, 1.54) is 0 Å². The molecule has 0 bridgehead atoms. The van der Waals surface area contributed by atoms with Crippen molar-refractivity contribution in [2.24, 2.45) is 0 Å². The van der Waals surface area contributed by atoms with Gasteiger partial charge in [0.15, 0.2) is 12.2 Å². The molecule has 102 valence electrons. The van der Waals surface area contributed by atoms with E-state index in [2.05, 4.69) is 5.32 Å². The van der Waals surface area contributed by atoms with E-state index < -0.39 is 18.2 Å². The number of epoxide rings is 1. The molecule has 5 nitrogen and oxygen atoms in total. The zero-order chi connectivity index (χ0) is 13.7. The highest BCUT2D eigenvalue weighted by molar-refractivity contribution is 5.92. The van der Waals surface area contributed by atoms with Crippen molar-refractivity contribution in [1.82, 2.24) is 5.32 Å². The van der Waals surface area contributed by atoms with Crippen LogP contribution in [-0.4, -0.2) is 30.6 Å². The number of nitrogens with one attached hydrogen (secondary N) is 1. The highest BCUT2D eigenvalue weighted by Gasteiger charge is 2.51. The minimum absolute atomic E-state index is 0.197. The molecule has 1 saturated heterocycles. The van der Waals surface area contributed by atoms with Crippen molar-refractivity contribution in [3.8, 4) is 0 Å². The van der Waals surface area contributed by atoms with Crippen LogP contribution in [0.3, 0.4) is 0 Å². The van der Waals surface area contributed by atoms with Gasteiger partial charge < -0.3 is 14.8 Å². The molecule has 0 spiro atoms. The zero-order valence-electron chi connectivity index (χ0n) is 10.8. The Labute approximate surface area is 111 Å². The summed E-state index contributed by atoms with van der Waals surface area (Å²) in [6.07, 6.45) is -0.586. The summed E-state index contributed by atoms with van der Waals surface area (Å²) < 4.78 is 10.1.